The van der Waals surface area contributed by atoms with Crippen molar-refractivity contribution in [3.05, 3.63) is 12.2 Å². The summed E-state index contributed by atoms with van der Waals surface area (Å²) in [5.74, 6) is 0.300. The summed E-state index contributed by atoms with van der Waals surface area (Å²) in [6.07, 6.45) is 2.89. The van der Waals surface area contributed by atoms with Crippen LogP contribution < -0.4 is 0 Å². The molecule has 0 fully saturated rings. The predicted octanol–water partition coefficient (Wildman–Crippen LogP) is 1.94. The van der Waals surface area contributed by atoms with Crippen molar-refractivity contribution in [1.82, 2.24) is 0 Å². The Morgan fingerprint density at radius 1 is 1.78 bits per heavy atom. The van der Waals surface area contributed by atoms with Gasteiger partial charge in [-0.2, -0.15) is 0 Å². The fourth-order valence-electron chi connectivity index (χ4n) is 0.904. The van der Waals surface area contributed by atoms with Crippen LogP contribution >= 0.6 is 0 Å². The highest BCUT2D eigenvalue weighted by molar-refractivity contribution is 5.96. The van der Waals surface area contributed by atoms with Gasteiger partial charge in [0.2, 0.25) is 0 Å². The zero-order valence-electron chi connectivity index (χ0n) is 5.39. The van der Waals surface area contributed by atoms with Crippen LogP contribution in [0.4, 0.5) is 4.39 Å². The van der Waals surface area contributed by atoms with Gasteiger partial charge >= 0.3 is 0 Å². The molecule has 2 atom stereocenters. The molecule has 2 unspecified atom stereocenters. The van der Waals surface area contributed by atoms with Crippen molar-refractivity contribution < 1.29 is 4.39 Å². The molecule has 1 aliphatic rings. The number of halogens is 1. The lowest BCUT2D eigenvalue weighted by Gasteiger charge is -2.15. The van der Waals surface area contributed by atoms with Gasteiger partial charge in [0, 0.05) is 0 Å². The van der Waals surface area contributed by atoms with Crippen LogP contribution in [-0.2, 0) is 0 Å². The molecule has 1 nitrogen and oxygen atoms in total. The van der Waals surface area contributed by atoms with Crippen molar-refractivity contribution in [2.75, 3.05) is 0 Å². The molecule has 0 aromatic carbocycles. The largest absolute Gasteiger partial charge is 0.302 e. The standard InChI is InChI=1S/C7H10FN/c1-5-2-3-7(9)6(8)4-5/h2-3,5-6,9H,4H2,1H3. The van der Waals surface area contributed by atoms with E-state index in [1.807, 2.05) is 13.0 Å². The number of nitrogens with one attached hydrogen (secondary N) is 1. The van der Waals surface area contributed by atoms with Crippen molar-refractivity contribution in [2.24, 2.45) is 5.92 Å². The summed E-state index contributed by atoms with van der Waals surface area (Å²) in [7, 11) is 0. The van der Waals surface area contributed by atoms with Gasteiger partial charge < -0.3 is 5.41 Å². The van der Waals surface area contributed by atoms with E-state index in [0.29, 0.717) is 12.3 Å². The molecule has 1 N–H and O–H groups in total. The zero-order valence-corrected chi connectivity index (χ0v) is 5.39. The maximum absolute atomic E-state index is 12.6. The van der Waals surface area contributed by atoms with Crippen LogP contribution in [-0.4, -0.2) is 11.9 Å². The van der Waals surface area contributed by atoms with Crippen molar-refractivity contribution in [1.29, 1.82) is 5.41 Å². The Hall–Kier alpha value is -0.660. The summed E-state index contributed by atoms with van der Waals surface area (Å²) < 4.78 is 12.6. The van der Waals surface area contributed by atoms with E-state index in [4.69, 9.17) is 5.41 Å². The van der Waals surface area contributed by atoms with Crippen LogP contribution in [0.5, 0.6) is 0 Å². The zero-order chi connectivity index (χ0) is 6.85. The van der Waals surface area contributed by atoms with Gasteiger partial charge in [-0.15, -0.1) is 0 Å². The van der Waals surface area contributed by atoms with Gasteiger partial charge in [-0.05, 0) is 18.4 Å². The van der Waals surface area contributed by atoms with Gasteiger partial charge in [0.15, 0.2) is 0 Å². The molecule has 0 radical (unpaired) electrons. The highest BCUT2D eigenvalue weighted by Gasteiger charge is 2.17. The molecule has 0 saturated heterocycles. The molecule has 0 bridgehead atoms. The van der Waals surface area contributed by atoms with E-state index in [1.54, 1.807) is 6.08 Å². The first kappa shape index (κ1) is 6.46. The first-order valence-corrected chi connectivity index (χ1v) is 3.11. The molecule has 0 aromatic rings. The number of alkyl halides is 1. The van der Waals surface area contributed by atoms with Crippen LogP contribution in [0, 0.1) is 11.3 Å². The Labute approximate surface area is 54.1 Å². The van der Waals surface area contributed by atoms with Gasteiger partial charge in [0.1, 0.15) is 6.17 Å². The van der Waals surface area contributed by atoms with Crippen LogP contribution in [0.1, 0.15) is 13.3 Å². The van der Waals surface area contributed by atoms with Gasteiger partial charge in [0.25, 0.3) is 0 Å². The normalized spacial score (nSPS) is 35.1. The predicted molar refractivity (Wildman–Crippen MR) is 35.5 cm³/mol. The molecular weight excluding hydrogens is 117 g/mol. The number of rotatable bonds is 0. The first-order chi connectivity index (χ1) is 4.20. The Bertz CT molecular complexity index is 151. The minimum atomic E-state index is -1.02. The van der Waals surface area contributed by atoms with Gasteiger partial charge in [-0.25, -0.2) is 4.39 Å². The summed E-state index contributed by atoms with van der Waals surface area (Å²) in [5.41, 5.74) is 0.119. The van der Waals surface area contributed by atoms with Crippen LogP contribution in [0.15, 0.2) is 12.2 Å². The van der Waals surface area contributed by atoms with E-state index in [-0.39, 0.29) is 5.71 Å². The Morgan fingerprint density at radius 2 is 2.44 bits per heavy atom. The fourth-order valence-corrected chi connectivity index (χ4v) is 0.904. The maximum atomic E-state index is 12.6. The summed E-state index contributed by atoms with van der Waals surface area (Å²) in [6, 6.07) is 0. The second-order valence-corrected chi connectivity index (χ2v) is 2.49. The molecule has 0 spiro atoms. The van der Waals surface area contributed by atoms with Gasteiger partial charge in [-0.3, -0.25) is 0 Å². The molecule has 0 aromatic heterocycles. The first-order valence-electron chi connectivity index (χ1n) is 3.11. The summed E-state index contributed by atoms with van der Waals surface area (Å²) >= 11 is 0. The summed E-state index contributed by atoms with van der Waals surface area (Å²) in [4.78, 5) is 0. The highest BCUT2D eigenvalue weighted by Crippen LogP contribution is 2.16. The van der Waals surface area contributed by atoms with Crippen molar-refractivity contribution in [2.45, 2.75) is 19.5 Å². The third-order valence-corrected chi connectivity index (χ3v) is 1.52. The second-order valence-electron chi connectivity index (χ2n) is 2.49. The minimum Gasteiger partial charge on any atom is -0.302 e. The lowest BCUT2D eigenvalue weighted by atomic mass is 9.95. The van der Waals surface area contributed by atoms with Crippen LogP contribution in [0.2, 0.25) is 0 Å². The quantitative estimate of drug-likeness (QED) is 0.514. The van der Waals surface area contributed by atoms with E-state index in [1.165, 1.54) is 0 Å². The van der Waals surface area contributed by atoms with Gasteiger partial charge in [0.05, 0.1) is 5.71 Å². The van der Waals surface area contributed by atoms with E-state index < -0.39 is 6.17 Å². The van der Waals surface area contributed by atoms with E-state index >= 15 is 0 Å². The molecule has 1 aliphatic carbocycles. The smallest absolute Gasteiger partial charge is 0.142 e. The molecule has 9 heavy (non-hydrogen) atoms. The Balaban J connectivity index is 2.65. The monoisotopic (exact) mass is 127 g/mol. The SMILES string of the molecule is CC1C=CC(=N)C(F)C1. The maximum Gasteiger partial charge on any atom is 0.142 e. The van der Waals surface area contributed by atoms with Crippen molar-refractivity contribution in [3.8, 4) is 0 Å². The lowest BCUT2D eigenvalue weighted by Crippen LogP contribution is -2.19. The van der Waals surface area contributed by atoms with Crippen molar-refractivity contribution in [3.63, 3.8) is 0 Å². The van der Waals surface area contributed by atoms with Gasteiger partial charge in [-0.1, -0.05) is 13.0 Å². The molecule has 0 saturated carbocycles. The summed E-state index contributed by atoms with van der Waals surface area (Å²) in [6.45, 7) is 1.95. The number of hydrogen-bond donors (Lipinski definition) is 1. The van der Waals surface area contributed by atoms with Crippen molar-refractivity contribution >= 4 is 5.71 Å². The highest BCUT2D eigenvalue weighted by atomic mass is 19.1. The molecule has 2 heteroatoms. The third kappa shape index (κ3) is 1.37. The average Bonchev–Trinajstić information content (AvgIpc) is 1.80. The molecule has 1 rings (SSSR count). The molecule has 0 aliphatic heterocycles. The molecule has 0 amide bonds. The Morgan fingerprint density at radius 3 is 2.89 bits per heavy atom. The number of hydrogen-bond acceptors (Lipinski definition) is 1. The van der Waals surface area contributed by atoms with E-state index in [2.05, 4.69) is 0 Å². The molecule has 0 heterocycles. The average molecular weight is 127 g/mol. The third-order valence-electron chi connectivity index (χ3n) is 1.52. The van der Waals surface area contributed by atoms with E-state index in [0.717, 1.165) is 0 Å². The van der Waals surface area contributed by atoms with Crippen LogP contribution in [0.25, 0.3) is 0 Å². The second kappa shape index (κ2) is 2.29. The summed E-state index contributed by atoms with van der Waals surface area (Å²) in [5, 5.41) is 7.02. The topological polar surface area (TPSA) is 23.9 Å². The minimum absolute atomic E-state index is 0.119. The Kier molecular flexibility index (Phi) is 1.65. The lowest BCUT2D eigenvalue weighted by molar-refractivity contribution is 0.366. The van der Waals surface area contributed by atoms with E-state index in [9.17, 15) is 4.39 Å². The fraction of sp³-hybridized carbons (Fsp3) is 0.571. The molecular formula is C7H10FN. The van der Waals surface area contributed by atoms with Crippen LogP contribution in [0.3, 0.4) is 0 Å². The molecule has 50 valence electrons. The number of allylic oxidation sites excluding steroid dienone is 2.